The van der Waals surface area contributed by atoms with Crippen molar-refractivity contribution in [1.82, 2.24) is 10.6 Å². The molecule has 0 spiro atoms. The zero-order valence-electron chi connectivity index (χ0n) is 10.4. The first-order valence-corrected chi connectivity index (χ1v) is 7.44. The van der Waals surface area contributed by atoms with Gasteiger partial charge in [0.25, 0.3) is 0 Å². The molecular formula is C12H24N2OS. The van der Waals surface area contributed by atoms with Crippen molar-refractivity contribution in [3.8, 4) is 0 Å². The van der Waals surface area contributed by atoms with Crippen LogP contribution in [0.4, 0.5) is 0 Å². The topological polar surface area (TPSA) is 41.1 Å². The average molecular weight is 244 g/mol. The Morgan fingerprint density at radius 2 is 2.19 bits per heavy atom. The quantitative estimate of drug-likeness (QED) is 0.717. The molecule has 1 amide bonds. The number of carbonyl (C=O) groups excluding carboxylic acids is 1. The van der Waals surface area contributed by atoms with Gasteiger partial charge in [0.15, 0.2) is 0 Å². The van der Waals surface area contributed by atoms with E-state index in [-0.39, 0.29) is 5.91 Å². The Labute approximate surface area is 103 Å². The van der Waals surface area contributed by atoms with Gasteiger partial charge in [-0.25, -0.2) is 0 Å². The van der Waals surface area contributed by atoms with Crippen LogP contribution in [0.15, 0.2) is 0 Å². The highest BCUT2D eigenvalue weighted by Gasteiger charge is 2.26. The van der Waals surface area contributed by atoms with E-state index in [1.54, 1.807) is 0 Å². The summed E-state index contributed by atoms with van der Waals surface area (Å²) in [5, 5.41) is 7.00. The van der Waals surface area contributed by atoms with Gasteiger partial charge in [-0.3, -0.25) is 4.79 Å². The van der Waals surface area contributed by atoms with Gasteiger partial charge >= 0.3 is 0 Å². The first-order valence-electron chi connectivity index (χ1n) is 6.39. The van der Waals surface area contributed by atoms with Gasteiger partial charge in [-0.2, -0.15) is 11.8 Å². The predicted octanol–water partition coefficient (Wildman–Crippen LogP) is 1.78. The van der Waals surface area contributed by atoms with Gasteiger partial charge in [-0.1, -0.05) is 20.3 Å². The largest absolute Gasteiger partial charge is 0.355 e. The second kappa shape index (κ2) is 7.96. The highest BCUT2D eigenvalue weighted by atomic mass is 32.2. The molecule has 2 N–H and O–H groups in total. The molecular weight excluding hydrogens is 220 g/mol. The lowest BCUT2D eigenvalue weighted by atomic mass is 10.2. The second-order valence-electron chi connectivity index (χ2n) is 4.26. The second-order valence-corrected chi connectivity index (χ2v) is 5.78. The highest BCUT2D eigenvalue weighted by Crippen LogP contribution is 2.29. The summed E-state index contributed by atoms with van der Waals surface area (Å²) in [6, 6.07) is 0.539. The molecule has 2 unspecified atom stereocenters. The van der Waals surface area contributed by atoms with E-state index in [0.29, 0.717) is 17.8 Å². The van der Waals surface area contributed by atoms with E-state index < -0.39 is 0 Å². The Balaban J connectivity index is 2.18. The van der Waals surface area contributed by atoms with Crippen molar-refractivity contribution in [2.45, 2.75) is 50.8 Å². The lowest BCUT2D eigenvalue weighted by molar-refractivity contribution is -0.120. The fourth-order valence-corrected chi connectivity index (χ4v) is 3.35. The number of thioether (sulfide) groups is 1. The maximum atomic E-state index is 11.4. The Bertz CT molecular complexity index is 211. The lowest BCUT2D eigenvalue weighted by Gasteiger charge is -2.19. The fourth-order valence-electron chi connectivity index (χ4n) is 2.12. The average Bonchev–Trinajstić information content (AvgIpc) is 2.72. The van der Waals surface area contributed by atoms with E-state index in [0.717, 1.165) is 13.0 Å². The van der Waals surface area contributed by atoms with Crippen LogP contribution < -0.4 is 10.6 Å². The van der Waals surface area contributed by atoms with Crippen molar-refractivity contribution in [1.29, 1.82) is 0 Å². The van der Waals surface area contributed by atoms with Crippen LogP contribution in [-0.4, -0.2) is 36.0 Å². The van der Waals surface area contributed by atoms with E-state index in [1.807, 2.05) is 11.8 Å². The SMILES string of the molecule is CCCNC(=O)CNC1CCCC1SCC. The van der Waals surface area contributed by atoms with Crippen molar-refractivity contribution in [2.75, 3.05) is 18.8 Å². The molecule has 16 heavy (non-hydrogen) atoms. The van der Waals surface area contributed by atoms with Gasteiger partial charge < -0.3 is 10.6 Å². The van der Waals surface area contributed by atoms with Crippen LogP contribution >= 0.6 is 11.8 Å². The molecule has 3 nitrogen and oxygen atoms in total. The number of rotatable bonds is 7. The van der Waals surface area contributed by atoms with Crippen molar-refractivity contribution >= 4 is 17.7 Å². The number of nitrogens with one attached hydrogen (secondary N) is 2. The van der Waals surface area contributed by atoms with Crippen molar-refractivity contribution in [2.24, 2.45) is 0 Å². The summed E-state index contributed by atoms with van der Waals surface area (Å²) in [4.78, 5) is 11.4. The third kappa shape index (κ3) is 4.74. The van der Waals surface area contributed by atoms with Crippen LogP contribution in [0, 0.1) is 0 Å². The molecule has 0 aromatic carbocycles. The van der Waals surface area contributed by atoms with Crippen LogP contribution in [0.25, 0.3) is 0 Å². The minimum absolute atomic E-state index is 0.133. The van der Waals surface area contributed by atoms with Crippen molar-refractivity contribution < 1.29 is 4.79 Å². The van der Waals surface area contributed by atoms with E-state index in [2.05, 4.69) is 24.5 Å². The molecule has 0 bridgehead atoms. The van der Waals surface area contributed by atoms with Crippen LogP contribution in [0.1, 0.15) is 39.5 Å². The first-order chi connectivity index (χ1) is 7.77. The summed E-state index contributed by atoms with van der Waals surface area (Å²) in [6.07, 6.45) is 4.82. The standard InChI is InChI=1S/C12H24N2OS/c1-3-8-13-12(15)9-14-10-6-5-7-11(10)16-4-2/h10-11,14H,3-9H2,1-2H3,(H,13,15). The minimum atomic E-state index is 0.133. The van der Waals surface area contributed by atoms with Gasteiger partial charge in [0.05, 0.1) is 6.54 Å². The van der Waals surface area contributed by atoms with Crippen LogP contribution in [0.3, 0.4) is 0 Å². The highest BCUT2D eigenvalue weighted by molar-refractivity contribution is 7.99. The lowest BCUT2D eigenvalue weighted by Crippen LogP contribution is -2.41. The molecule has 1 fully saturated rings. The van der Waals surface area contributed by atoms with Gasteiger partial charge in [0.2, 0.25) is 5.91 Å². The van der Waals surface area contributed by atoms with Gasteiger partial charge in [0, 0.05) is 17.8 Å². The van der Waals surface area contributed by atoms with Crippen LogP contribution in [-0.2, 0) is 4.79 Å². The molecule has 0 saturated heterocycles. The maximum Gasteiger partial charge on any atom is 0.233 e. The molecule has 4 heteroatoms. The van der Waals surface area contributed by atoms with Crippen molar-refractivity contribution in [3.63, 3.8) is 0 Å². The van der Waals surface area contributed by atoms with Crippen LogP contribution in [0.2, 0.25) is 0 Å². The summed E-state index contributed by atoms with van der Waals surface area (Å²) in [5.74, 6) is 1.30. The summed E-state index contributed by atoms with van der Waals surface area (Å²) >= 11 is 2.02. The Morgan fingerprint density at radius 3 is 2.88 bits per heavy atom. The summed E-state index contributed by atoms with van der Waals surface area (Å²) in [6.45, 7) is 5.54. The van der Waals surface area contributed by atoms with E-state index in [9.17, 15) is 4.79 Å². The summed E-state index contributed by atoms with van der Waals surface area (Å²) in [7, 11) is 0. The minimum Gasteiger partial charge on any atom is -0.355 e. The predicted molar refractivity (Wildman–Crippen MR) is 70.9 cm³/mol. The molecule has 1 rings (SSSR count). The van der Waals surface area contributed by atoms with E-state index in [4.69, 9.17) is 0 Å². The smallest absolute Gasteiger partial charge is 0.233 e. The number of hydrogen-bond donors (Lipinski definition) is 2. The summed E-state index contributed by atoms with van der Waals surface area (Å²) in [5.41, 5.74) is 0. The number of hydrogen-bond acceptors (Lipinski definition) is 3. The van der Waals surface area contributed by atoms with Crippen LogP contribution in [0.5, 0.6) is 0 Å². The fraction of sp³-hybridized carbons (Fsp3) is 0.917. The monoisotopic (exact) mass is 244 g/mol. The third-order valence-electron chi connectivity index (χ3n) is 2.93. The Hall–Kier alpha value is -0.220. The zero-order valence-corrected chi connectivity index (χ0v) is 11.2. The number of carbonyl (C=O) groups is 1. The Kier molecular flexibility index (Phi) is 6.88. The molecule has 0 heterocycles. The molecule has 0 aromatic rings. The van der Waals surface area contributed by atoms with Gasteiger partial charge in [0.1, 0.15) is 0 Å². The summed E-state index contributed by atoms with van der Waals surface area (Å²) < 4.78 is 0. The molecule has 1 saturated carbocycles. The molecule has 1 aliphatic carbocycles. The zero-order chi connectivity index (χ0) is 11.8. The van der Waals surface area contributed by atoms with Crippen molar-refractivity contribution in [3.05, 3.63) is 0 Å². The van der Waals surface area contributed by atoms with E-state index >= 15 is 0 Å². The maximum absolute atomic E-state index is 11.4. The van der Waals surface area contributed by atoms with E-state index in [1.165, 1.54) is 25.0 Å². The third-order valence-corrected chi connectivity index (χ3v) is 4.26. The molecule has 2 atom stereocenters. The molecule has 0 radical (unpaired) electrons. The molecule has 0 aromatic heterocycles. The Morgan fingerprint density at radius 1 is 1.38 bits per heavy atom. The molecule has 0 aliphatic heterocycles. The molecule has 1 aliphatic rings. The van der Waals surface area contributed by atoms with Gasteiger partial charge in [-0.15, -0.1) is 0 Å². The first kappa shape index (κ1) is 13.8. The number of amides is 1. The van der Waals surface area contributed by atoms with Gasteiger partial charge in [-0.05, 0) is 25.0 Å². The normalized spacial score (nSPS) is 24.6. The molecule has 94 valence electrons.